The molecule has 180 valence electrons. The highest BCUT2D eigenvalue weighted by atomic mass is 32.2. The summed E-state index contributed by atoms with van der Waals surface area (Å²) in [5, 5.41) is 13.9. The highest BCUT2D eigenvalue weighted by molar-refractivity contribution is 7.92. The molecule has 0 saturated heterocycles. The van der Waals surface area contributed by atoms with Crippen molar-refractivity contribution in [1.82, 2.24) is 34.1 Å². The predicted molar refractivity (Wildman–Crippen MR) is 138 cm³/mol. The van der Waals surface area contributed by atoms with Gasteiger partial charge in [0.2, 0.25) is 4.77 Å². The Bertz CT molecular complexity index is 2080. The maximum Gasteiger partial charge on any atom is 0.263 e. The Hall–Kier alpha value is -5.00. The number of nitrogens with two attached hydrogens (primary N) is 1. The third-order valence-electron chi connectivity index (χ3n) is 5.62. The number of nitrogens with one attached hydrogen (secondary N) is 1. The molecule has 0 aliphatic heterocycles. The molecule has 2 aromatic carbocycles. The molecular weight excluding hydrogens is 512 g/mol. The molecule has 0 radical (unpaired) electrons. The van der Waals surface area contributed by atoms with Gasteiger partial charge in [0.1, 0.15) is 17.5 Å². The summed E-state index contributed by atoms with van der Waals surface area (Å²) in [7, 11) is -3.94. The van der Waals surface area contributed by atoms with Crippen LogP contribution in [0.5, 0.6) is 0 Å². The molecule has 0 saturated carbocycles. The molecule has 12 nitrogen and oxygen atoms in total. The Labute approximate surface area is 213 Å². The minimum absolute atomic E-state index is 0.00833. The van der Waals surface area contributed by atoms with Gasteiger partial charge in [-0.15, -0.1) is 0 Å². The molecule has 14 heteroatoms. The number of hydrogen-bond donors (Lipinski definition) is 2. The third kappa shape index (κ3) is 3.69. The molecule has 4 heterocycles. The van der Waals surface area contributed by atoms with Crippen molar-refractivity contribution in [2.24, 2.45) is 0 Å². The summed E-state index contributed by atoms with van der Waals surface area (Å²) < 4.78 is 31.4. The second kappa shape index (κ2) is 8.29. The fraction of sp³-hybridized carbons (Fsp3) is 0. The fourth-order valence-corrected chi connectivity index (χ4v) is 5.15. The highest BCUT2D eigenvalue weighted by Crippen LogP contribution is 2.25. The third-order valence-corrected chi connectivity index (χ3v) is 7.27. The van der Waals surface area contributed by atoms with Gasteiger partial charge < -0.3 is 5.73 Å². The lowest BCUT2D eigenvalue weighted by molar-refractivity contribution is 0.601. The minimum atomic E-state index is -3.94. The second-order valence-electron chi connectivity index (χ2n) is 7.86. The topological polar surface area (TPSA) is 170 Å². The summed E-state index contributed by atoms with van der Waals surface area (Å²) in [4.78, 5) is 17.3. The van der Waals surface area contributed by atoms with Crippen molar-refractivity contribution in [2.75, 3.05) is 10.5 Å². The zero-order chi connectivity index (χ0) is 25.7. The fourth-order valence-electron chi connectivity index (χ4n) is 3.88. The first kappa shape index (κ1) is 22.5. The Morgan fingerprint density at radius 3 is 2.46 bits per heavy atom. The van der Waals surface area contributed by atoms with Crippen LogP contribution in [-0.2, 0) is 10.0 Å². The quantitative estimate of drug-likeness (QED) is 0.325. The summed E-state index contributed by atoms with van der Waals surface area (Å²) in [5.41, 5.74) is 9.13. The van der Waals surface area contributed by atoms with Crippen molar-refractivity contribution < 1.29 is 8.42 Å². The van der Waals surface area contributed by atoms with Gasteiger partial charge in [-0.1, -0.05) is 12.1 Å². The summed E-state index contributed by atoms with van der Waals surface area (Å²) in [6.07, 6.45) is 4.24. The van der Waals surface area contributed by atoms with Gasteiger partial charge in [0.05, 0.1) is 33.7 Å². The maximum atomic E-state index is 13.0. The zero-order valence-corrected chi connectivity index (χ0v) is 20.3. The molecule has 6 rings (SSSR count). The second-order valence-corrected chi connectivity index (χ2v) is 9.91. The Kier molecular flexibility index (Phi) is 5.04. The van der Waals surface area contributed by atoms with Crippen LogP contribution < -0.4 is 10.5 Å². The van der Waals surface area contributed by atoms with Gasteiger partial charge in [-0.05, 0) is 48.6 Å². The first-order chi connectivity index (χ1) is 17.9. The minimum Gasteiger partial charge on any atom is -0.384 e. The molecule has 3 N–H and O–H groups in total. The van der Waals surface area contributed by atoms with E-state index in [0.717, 1.165) is 0 Å². The molecule has 0 fully saturated rings. The van der Waals surface area contributed by atoms with E-state index in [-0.39, 0.29) is 21.3 Å². The molecule has 37 heavy (non-hydrogen) atoms. The molecular formula is C23H14N10O2S2. The van der Waals surface area contributed by atoms with Gasteiger partial charge in [0.15, 0.2) is 17.1 Å². The summed E-state index contributed by atoms with van der Waals surface area (Å²) in [6.45, 7) is 0. The summed E-state index contributed by atoms with van der Waals surface area (Å²) in [5.74, 6) is 0.337. The van der Waals surface area contributed by atoms with Gasteiger partial charge in [-0.3, -0.25) is 14.3 Å². The lowest BCUT2D eigenvalue weighted by Gasteiger charge is -2.14. The number of nitrogens with zero attached hydrogens (tertiary/aromatic N) is 8. The Morgan fingerprint density at radius 1 is 0.946 bits per heavy atom. The van der Waals surface area contributed by atoms with Crippen molar-refractivity contribution in [2.45, 2.75) is 4.90 Å². The van der Waals surface area contributed by atoms with Gasteiger partial charge in [0.25, 0.3) is 10.0 Å². The van der Waals surface area contributed by atoms with Crippen LogP contribution in [0.3, 0.4) is 0 Å². The van der Waals surface area contributed by atoms with Crippen LogP contribution >= 0.6 is 12.2 Å². The molecule has 6 aromatic rings. The van der Waals surface area contributed by atoms with Crippen LogP contribution in [0.4, 0.5) is 11.6 Å². The molecule has 4 aromatic heterocycles. The monoisotopic (exact) mass is 526 g/mol. The lowest BCUT2D eigenvalue weighted by Crippen LogP contribution is -2.14. The van der Waals surface area contributed by atoms with Gasteiger partial charge in [-0.25, -0.2) is 18.4 Å². The number of para-hydroxylation sites is 2. The number of rotatable bonds is 4. The van der Waals surface area contributed by atoms with E-state index in [1.807, 2.05) is 12.1 Å². The van der Waals surface area contributed by atoms with Crippen molar-refractivity contribution in [1.29, 1.82) is 5.26 Å². The average Bonchev–Trinajstić information content (AvgIpc) is 3.32. The number of nitriles is 1. The molecule has 0 amide bonds. The van der Waals surface area contributed by atoms with E-state index < -0.39 is 10.0 Å². The van der Waals surface area contributed by atoms with E-state index in [4.69, 9.17) is 18.0 Å². The number of fused-ring (bicyclic) bond motifs is 4. The Balaban J connectivity index is 1.37. The van der Waals surface area contributed by atoms with Crippen LogP contribution in [0.1, 0.15) is 5.56 Å². The summed E-state index contributed by atoms with van der Waals surface area (Å²) in [6, 6.07) is 15.1. The number of hydrogen-bond acceptors (Lipinski definition) is 10. The van der Waals surface area contributed by atoms with E-state index in [2.05, 4.69) is 29.8 Å². The van der Waals surface area contributed by atoms with Crippen LogP contribution in [0.2, 0.25) is 0 Å². The normalized spacial score (nSPS) is 11.6. The average molecular weight is 527 g/mol. The van der Waals surface area contributed by atoms with Crippen LogP contribution in [0.15, 0.2) is 72.0 Å². The van der Waals surface area contributed by atoms with Crippen molar-refractivity contribution in [3.05, 3.63) is 77.5 Å². The van der Waals surface area contributed by atoms with E-state index in [0.29, 0.717) is 39.0 Å². The number of anilines is 2. The van der Waals surface area contributed by atoms with Gasteiger partial charge in [0, 0.05) is 11.9 Å². The molecule has 0 aliphatic carbocycles. The maximum absolute atomic E-state index is 13.0. The molecule has 0 bridgehead atoms. The Morgan fingerprint density at radius 2 is 1.70 bits per heavy atom. The molecule has 0 atom stereocenters. The molecule has 0 aliphatic rings. The van der Waals surface area contributed by atoms with Gasteiger partial charge >= 0.3 is 0 Å². The van der Waals surface area contributed by atoms with Crippen LogP contribution in [0.25, 0.3) is 33.4 Å². The number of aromatic nitrogens is 7. The van der Waals surface area contributed by atoms with E-state index in [1.165, 1.54) is 39.8 Å². The van der Waals surface area contributed by atoms with Crippen molar-refractivity contribution >= 4 is 61.6 Å². The largest absolute Gasteiger partial charge is 0.384 e. The van der Waals surface area contributed by atoms with Gasteiger partial charge in [-0.2, -0.15) is 19.9 Å². The lowest BCUT2D eigenvalue weighted by atomic mass is 10.3. The number of benzene rings is 2. The highest BCUT2D eigenvalue weighted by Gasteiger charge is 2.18. The van der Waals surface area contributed by atoms with E-state index in [1.54, 1.807) is 30.3 Å². The van der Waals surface area contributed by atoms with Crippen LogP contribution in [-0.4, -0.2) is 42.5 Å². The smallest absolute Gasteiger partial charge is 0.263 e. The molecule has 0 spiro atoms. The standard InChI is InChI=1S/C23H14N10O2S2/c24-9-13-10-28-33-21(13)27-11-16-20(25)32(23(36)30-22(16)33)14-5-7-15(8-6-14)37(34,35)31-19-12-26-17-3-1-2-4-18(17)29-19/h1-8,10-12H,25H2,(H,29,31). The molecule has 0 unspecified atom stereocenters. The van der Waals surface area contributed by atoms with Crippen molar-refractivity contribution in [3.63, 3.8) is 0 Å². The SMILES string of the molecule is N#Cc1cnn2c1ncc1c(N)n(-c3ccc(S(=O)(=O)Nc4cnc5ccccc5n4)cc3)c(=S)nc12. The number of nitrogen functional groups attached to an aromatic ring is 1. The van der Waals surface area contributed by atoms with E-state index in [9.17, 15) is 13.7 Å². The van der Waals surface area contributed by atoms with Crippen LogP contribution in [0, 0.1) is 16.1 Å². The van der Waals surface area contributed by atoms with E-state index >= 15 is 0 Å². The summed E-state index contributed by atoms with van der Waals surface area (Å²) >= 11 is 5.48. The predicted octanol–water partition coefficient (Wildman–Crippen LogP) is 3.00. The zero-order valence-electron chi connectivity index (χ0n) is 18.6. The number of sulfonamides is 1. The van der Waals surface area contributed by atoms with Crippen molar-refractivity contribution in [3.8, 4) is 11.8 Å². The first-order valence-corrected chi connectivity index (χ1v) is 12.5. The first-order valence-electron chi connectivity index (χ1n) is 10.7.